The lowest BCUT2D eigenvalue weighted by molar-refractivity contribution is 0.0684. The van der Waals surface area contributed by atoms with Gasteiger partial charge in [0.1, 0.15) is 0 Å². The van der Waals surface area contributed by atoms with E-state index in [9.17, 15) is 4.79 Å². The van der Waals surface area contributed by atoms with E-state index in [1.807, 2.05) is 6.92 Å². The highest BCUT2D eigenvalue weighted by Crippen LogP contribution is 2.32. The fourth-order valence-electron chi connectivity index (χ4n) is 2.53. The molecule has 0 atom stereocenters. The molecule has 1 aromatic heterocycles. The maximum atomic E-state index is 10.8. The summed E-state index contributed by atoms with van der Waals surface area (Å²) in [6.07, 6.45) is 7.35. The van der Waals surface area contributed by atoms with Crippen LogP contribution >= 0.6 is 0 Å². The first-order valence-corrected chi connectivity index (χ1v) is 5.98. The molecular formula is C12H18N2O2. The predicted molar refractivity (Wildman–Crippen MR) is 60.7 cm³/mol. The van der Waals surface area contributed by atoms with E-state index in [-0.39, 0.29) is 5.82 Å². The van der Waals surface area contributed by atoms with Crippen LogP contribution < -0.4 is 0 Å². The van der Waals surface area contributed by atoms with E-state index in [1.165, 1.54) is 25.7 Å². The van der Waals surface area contributed by atoms with E-state index in [0.29, 0.717) is 5.92 Å². The smallest absolute Gasteiger partial charge is 0.371 e. The van der Waals surface area contributed by atoms with Gasteiger partial charge in [-0.2, -0.15) is 0 Å². The number of nitrogens with zero attached hydrogens (tertiary/aromatic N) is 1. The molecule has 4 heteroatoms. The van der Waals surface area contributed by atoms with Gasteiger partial charge in [-0.3, -0.25) is 0 Å². The largest absolute Gasteiger partial charge is 0.475 e. The number of nitrogens with one attached hydrogen (secondary N) is 1. The molecular weight excluding hydrogens is 204 g/mol. The summed E-state index contributed by atoms with van der Waals surface area (Å²) in [4.78, 5) is 17.9. The summed E-state index contributed by atoms with van der Waals surface area (Å²) >= 11 is 0. The second-order valence-electron chi connectivity index (χ2n) is 4.59. The molecule has 0 spiro atoms. The van der Waals surface area contributed by atoms with Crippen LogP contribution in [0.25, 0.3) is 0 Å². The summed E-state index contributed by atoms with van der Waals surface area (Å²) < 4.78 is 0. The molecule has 0 saturated heterocycles. The Balaban J connectivity index is 2.21. The minimum Gasteiger partial charge on any atom is -0.475 e. The molecule has 2 rings (SSSR count). The molecule has 1 aromatic rings. The van der Waals surface area contributed by atoms with Gasteiger partial charge in [0.15, 0.2) is 0 Å². The minimum absolute atomic E-state index is 0.0803. The van der Waals surface area contributed by atoms with Crippen molar-refractivity contribution < 1.29 is 9.90 Å². The van der Waals surface area contributed by atoms with Crippen LogP contribution in [0, 0.1) is 6.92 Å². The van der Waals surface area contributed by atoms with Crippen LogP contribution in [-0.4, -0.2) is 21.0 Å². The van der Waals surface area contributed by atoms with Crippen LogP contribution in [-0.2, 0) is 0 Å². The quantitative estimate of drug-likeness (QED) is 0.756. The summed E-state index contributed by atoms with van der Waals surface area (Å²) in [5.74, 6) is -0.438. The zero-order valence-corrected chi connectivity index (χ0v) is 9.62. The molecule has 0 bridgehead atoms. The van der Waals surface area contributed by atoms with Crippen molar-refractivity contribution in [3.05, 3.63) is 17.2 Å². The average molecular weight is 222 g/mol. The third kappa shape index (κ3) is 2.26. The standard InChI is InChI=1S/C12H18N2O2/c1-8-10(14-11(13-8)12(15)16)9-6-4-2-3-5-7-9/h9H,2-7H2,1H3,(H,13,14)(H,15,16). The summed E-state index contributed by atoms with van der Waals surface area (Å²) in [5, 5.41) is 8.88. The SMILES string of the molecule is Cc1[nH]c(C(=O)O)nc1C1CCCCCC1. The van der Waals surface area contributed by atoms with E-state index in [2.05, 4.69) is 9.97 Å². The molecule has 1 aliphatic carbocycles. The van der Waals surface area contributed by atoms with Gasteiger partial charge in [-0.1, -0.05) is 25.7 Å². The Kier molecular flexibility index (Phi) is 3.27. The van der Waals surface area contributed by atoms with Gasteiger partial charge in [-0.25, -0.2) is 9.78 Å². The van der Waals surface area contributed by atoms with Crippen LogP contribution in [0.15, 0.2) is 0 Å². The van der Waals surface area contributed by atoms with Crippen LogP contribution in [0.1, 0.15) is 66.4 Å². The average Bonchev–Trinajstić information content (AvgIpc) is 2.50. The maximum absolute atomic E-state index is 10.8. The highest BCUT2D eigenvalue weighted by Gasteiger charge is 2.21. The summed E-state index contributed by atoms with van der Waals surface area (Å²) in [6, 6.07) is 0. The van der Waals surface area contributed by atoms with Crippen LogP contribution in [0.2, 0.25) is 0 Å². The van der Waals surface area contributed by atoms with Crippen molar-refractivity contribution in [1.29, 1.82) is 0 Å². The van der Waals surface area contributed by atoms with Gasteiger partial charge in [0, 0.05) is 11.6 Å². The molecule has 0 aliphatic heterocycles. The number of hydrogen-bond acceptors (Lipinski definition) is 2. The third-order valence-corrected chi connectivity index (χ3v) is 3.37. The second kappa shape index (κ2) is 4.68. The maximum Gasteiger partial charge on any atom is 0.371 e. The summed E-state index contributed by atoms with van der Waals surface area (Å²) in [7, 11) is 0. The molecule has 2 N–H and O–H groups in total. The van der Waals surface area contributed by atoms with Gasteiger partial charge in [0.2, 0.25) is 5.82 Å². The van der Waals surface area contributed by atoms with Gasteiger partial charge < -0.3 is 10.1 Å². The lowest BCUT2D eigenvalue weighted by atomic mass is 9.95. The van der Waals surface area contributed by atoms with Gasteiger partial charge in [0.05, 0.1) is 5.69 Å². The Morgan fingerprint density at radius 1 is 1.31 bits per heavy atom. The fraction of sp³-hybridized carbons (Fsp3) is 0.667. The fourth-order valence-corrected chi connectivity index (χ4v) is 2.53. The molecule has 0 radical (unpaired) electrons. The number of carbonyl (C=O) groups is 1. The number of rotatable bonds is 2. The summed E-state index contributed by atoms with van der Waals surface area (Å²) in [5.41, 5.74) is 1.89. The number of aromatic nitrogens is 2. The Morgan fingerprint density at radius 3 is 2.44 bits per heavy atom. The van der Waals surface area contributed by atoms with Crippen molar-refractivity contribution in [2.24, 2.45) is 0 Å². The number of aryl methyl sites for hydroxylation is 1. The highest BCUT2D eigenvalue weighted by atomic mass is 16.4. The zero-order valence-electron chi connectivity index (χ0n) is 9.62. The third-order valence-electron chi connectivity index (χ3n) is 3.37. The molecule has 1 aliphatic rings. The van der Waals surface area contributed by atoms with Crippen molar-refractivity contribution in [1.82, 2.24) is 9.97 Å². The van der Waals surface area contributed by atoms with Crippen LogP contribution in [0.3, 0.4) is 0 Å². The van der Waals surface area contributed by atoms with Crippen molar-refractivity contribution in [3.63, 3.8) is 0 Å². The molecule has 1 fully saturated rings. The monoisotopic (exact) mass is 222 g/mol. The first kappa shape index (κ1) is 11.2. The molecule has 88 valence electrons. The Morgan fingerprint density at radius 2 is 1.94 bits per heavy atom. The Bertz CT molecular complexity index is 376. The number of aromatic amines is 1. The van der Waals surface area contributed by atoms with Crippen molar-refractivity contribution >= 4 is 5.97 Å². The topological polar surface area (TPSA) is 66.0 Å². The van der Waals surface area contributed by atoms with E-state index in [1.54, 1.807) is 0 Å². The van der Waals surface area contributed by atoms with Gasteiger partial charge in [-0.15, -0.1) is 0 Å². The molecule has 1 saturated carbocycles. The van der Waals surface area contributed by atoms with E-state index >= 15 is 0 Å². The van der Waals surface area contributed by atoms with Crippen molar-refractivity contribution in [3.8, 4) is 0 Å². The summed E-state index contributed by atoms with van der Waals surface area (Å²) in [6.45, 7) is 1.92. The molecule has 1 heterocycles. The Labute approximate surface area is 95.1 Å². The highest BCUT2D eigenvalue weighted by molar-refractivity contribution is 5.83. The molecule has 16 heavy (non-hydrogen) atoms. The molecule has 0 unspecified atom stereocenters. The number of H-pyrrole nitrogens is 1. The second-order valence-corrected chi connectivity index (χ2v) is 4.59. The first-order chi connectivity index (χ1) is 7.68. The lowest BCUT2D eigenvalue weighted by Crippen LogP contribution is -2.02. The van der Waals surface area contributed by atoms with Crippen LogP contribution in [0.5, 0.6) is 0 Å². The van der Waals surface area contributed by atoms with Gasteiger partial charge in [0.25, 0.3) is 0 Å². The van der Waals surface area contributed by atoms with E-state index in [4.69, 9.17) is 5.11 Å². The number of carboxylic acids is 1. The van der Waals surface area contributed by atoms with Gasteiger partial charge >= 0.3 is 5.97 Å². The molecule has 0 amide bonds. The van der Waals surface area contributed by atoms with Crippen LogP contribution in [0.4, 0.5) is 0 Å². The normalized spacial score (nSPS) is 18.3. The number of aromatic carboxylic acids is 1. The van der Waals surface area contributed by atoms with E-state index < -0.39 is 5.97 Å². The number of hydrogen-bond donors (Lipinski definition) is 2. The number of imidazole rings is 1. The van der Waals surface area contributed by atoms with Crippen molar-refractivity contribution in [2.45, 2.75) is 51.4 Å². The first-order valence-electron chi connectivity index (χ1n) is 5.98. The predicted octanol–water partition coefficient (Wildman–Crippen LogP) is 2.85. The number of carboxylic acid groups (broad SMARTS) is 1. The molecule has 0 aromatic carbocycles. The van der Waals surface area contributed by atoms with Crippen molar-refractivity contribution in [2.75, 3.05) is 0 Å². The minimum atomic E-state index is -0.969. The lowest BCUT2D eigenvalue weighted by Gasteiger charge is -2.11. The van der Waals surface area contributed by atoms with E-state index in [0.717, 1.165) is 24.2 Å². The van der Waals surface area contributed by atoms with Gasteiger partial charge in [-0.05, 0) is 19.8 Å². The Hall–Kier alpha value is -1.32. The zero-order chi connectivity index (χ0) is 11.5. The molecule has 4 nitrogen and oxygen atoms in total.